The lowest BCUT2D eigenvalue weighted by molar-refractivity contribution is 0.117. The smallest absolute Gasteiger partial charge is 0.226 e. The summed E-state index contributed by atoms with van der Waals surface area (Å²) in [5.41, 5.74) is 6.13. The molecule has 1 aliphatic rings. The maximum absolute atomic E-state index is 6.00. The molecule has 5 nitrogen and oxygen atoms in total. The zero-order valence-electron chi connectivity index (χ0n) is 10.9. The Kier molecular flexibility index (Phi) is 2.95. The minimum absolute atomic E-state index is 0.128. The van der Waals surface area contributed by atoms with Crippen molar-refractivity contribution in [1.29, 1.82) is 0 Å². The van der Waals surface area contributed by atoms with Gasteiger partial charge in [-0.3, -0.25) is 0 Å². The van der Waals surface area contributed by atoms with E-state index >= 15 is 0 Å². The number of hydrogen-bond acceptors (Lipinski definition) is 5. The van der Waals surface area contributed by atoms with E-state index in [-0.39, 0.29) is 11.5 Å². The third-order valence-electron chi connectivity index (χ3n) is 3.71. The summed E-state index contributed by atoms with van der Waals surface area (Å²) in [6, 6.07) is 2.56. The molecule has 1 aromatic rings. The quantitative estimate of drug-likeness (QED) is 0.820. The Balaban J connectivity index is 2.07. The molecule has 0 radical (unpaired) electrons. The highest BCUT2D eigenvalue weighted by atomic mass is 15.2. The van der Waals surface area contributed by atoms with Crippen molar-refractivity contribution in [1.82, 2.24) is 9.97 Å². The van der Waals surface area contributed by atoms with Crippen molar-refractivity contribution in [2.24, 2.45) is 11.1 Å². The van der Waals surface area contributed by atoms with Gasteiger partial charge in [0.15, 0.2) is 0 Å². The molecule has 2 rings (SSSR count). The van der Waals surface area contributed by atoms with Crippen molar-refractivity contribution in [3.63, 3.8) is 0 Å². The molecule has 0 aromatic carbocycles. The number of rotatable bonds is 3. The zero-order valence-corrected chi connectivity index (χ0v) is 10.9. The van der Waals surface area contributed by atoms with Gasteiger partial charge in [-0.15, -0.1) is 0 Å². The predicted molar refractivity (Wildman–Crippen MR) is 70.1 cm³/mol. The second-order valence-electron chi connectivity index (χ2n) is 5.50. The normalized spacial score (nSPS) is 26.2. The summed E-state index contributed by atoms with van der Waals surface area (Å²) in [4.78, 5) is 10.5. The molecule has 17 heavy (non-hydrogen) atoms. The molecule has 2 atom stereocenters. The van der Waals surface area contributed by atoms with Crippen molar-refractivity contribution in [3.8, 4) is 0 Å². The van der Waals surface area contributed by atoms with E-state index in [1.54, 1.807) is 6.20 Å². The molecule has 0 aliphatic heterocycles. The lowest BCUT2D eigenvalue weighted by Gasteiger charge is -2.50. The van der Waals surface area contributed by atoms with Gasteiger partial charge in [-0.2, -0.15) is 4.98 Å². The average molecular weight is 235 g/mol. The third kappa shape index (κ3) is 2.20. The second kappa shape index (κ2) is 4.14. The Bertz CT molecular complexity index is 402. The first-order valence-corrected chi connectivity index (χ1v) is 5.93. The van der Waals surface area contributed by atoms with E-state index in [1.807, 2.05) is 25.1 Å². The van der Waals surface area contributed by atoms with Gasteiger partial charge >= 0.3 is 0 Å². The van der Waals surface area contributed by atoms with Gasteiger partial charge in [-0.05, 0) is 12.5 Å². The molecule has 0 saturated heterocycles. The van der Waals surface area contributed by atoms with Crippen molar-refractivity contribution >= 4 is 11.8 Å². The molecule has 0 spiro atoms. The Hall–Kier alpha value is -1.36. The van der Waals surface area contributed by atoms with Crippen LogP contribution >= 0.6 is 0 Å². The molecular formula is C12H21N5. The minimum Gasteiger partial charge on any atom is -0.367 e. The van der Waals surface area contributed by atoms with E-state index in [9.17, 15) is 0 Å². The molecule has 0 amide bonds. The average Bonchev–Trinajstić information content (AvgIpc) is 2.29. The van der Waals surface area contributed by atoms with E-state index in [1.165, 1.54) is 0 Å². The zero-order chi connectivity index (χ0) is 12.6. The molecule has 1 fully saturated rings. The highest BCUT2D eigenvalue weighted by molar-refractivity contribution is 5.42. The molecule has 1 aromatic heterocycles. The first-order valence-electron chi connectivity index (χ1n) is 5.93. The summed E-state index contributed by atoms with van der Waals surface area (Å²) in [5.74, 6) is 1.59. The monoisotopic (exact) mass is 235 g/mol. The Morgan fingerprint density at radius 3 is 2.71 bits per heavy atom. The van der Waals surface area contributed by atoms with Crippen LogP contribution in [0.1, 0.15) is 20.3 Å². The van der Waals surface area contributed by atoms with Crippen molar-refractivity contribution in [2.45, 2.75) is 32.4 Å². The molecule has 1 aliphatic carbocycles. The van der Waals surface area contributed by atoms with E-state index in [2.05, 4.69) is 29.1 Å². The fourth-order valence-electron chi connectivity index (χ4n) is 2.03. The summed E-state index contributed by atoms with van der Waals surface area (Å²) in [7, 11) is 3.87. The highest BCUT2D eigenvalue weighted by Crippen LogP contribution is 2.40. The number of hydrogen-bond donors (Lipinski definition) is 2. The molecular weight excluding hydrogens is 214 g/mol. The van der Waals surface area contributed by atoms with Crippen LogP contribution in [0, 0.1) is 5.41 Å². The van der Waals surface area contributed by atoms with Gasteiger partial charge in [0, 0.05) is 37.8 Å². The summed E-state index contributed by atoms with van der Waals surface area (Å²) in [5, 5.41) is 3.44. The van der Waals surface area contributed by atoms with Crippen LogP contribution in [0.5, 0.6) is 0 Å². The van der Waals surface area contributed by atoms with Crippen LogP contribution in [0.15, 0.2) is 12.3 Å². The SMILES string of the molecule is CN(C)c1nccc(NC2CC(N)C2(C)C)n1. The topological polar surface area (TPSA) is 67.1 Å². The van der Waals surface area contributed by atoms with Crippen LogP contribution in [0.4, 0.5) is 11.8 Å². The van der Waals surface area contributed by atoms with Gasteiger partial charge in [0.25, 0.3) is 0 Å². The summed E-state index contributed by atoms with van der Waals surface area (Å²) >= 11 is 0. The van der Waals surface area contributed by atoms with Gasteiger partial charge < -0.3 is 16.0 Å². The second-order valence-corrected chi connectivity index (χ2v) is 5.50. The number of aromatic nitrogens is 2. The molecule has 3 N–H and O–H groups in total. The predicted octanol–water partition coefficient (Wildman–Crippen LogP) is 1.08. The van der Waals surface area contributed by atoms with Crippen LogP contribution in [0.3, 0.4) is 0 Å². The van der Waals surface area contributed by atoms with E-state index in [0.29, 0.717) is 6.04 Å². The maximum atomic E-state index is 6.00. The fraction of sp³-hybridized carbons (Fsp3) is 0.667. The Morgan fingerprint density at radius 1 is 1.47 bits per heavy atom. The van der Waals surface area contributed by atoms with E-state index < -0.39 is 0 Å². The number of nitrogens with one attached hydrogen (secondary N) is 1. The lowest BCUT2D eigenvalue weighted by atomic mass is 9.63. The maximum Gasteiger partial charge on any atom is 0.226 e. The van der Waals surface area contributed by atoms with Crippen molar-refractivity contribution in [2.75, 3.05) is 24.3 Å². The molecule has 2 unspecified atom stereocenters. The largest absolute Gasteiger partial charge is 0.367 e. The number of nitrogens with two attached hydrogens (primary N) is 1. The summed E-state index contributed by atoms with van der Waals surface area (Å²) in [6.45, 7) is 4.37. The van der Waals surface area contributed by atoms with Gasteiger partial charge in [-0.25, -0.2) is 4.98 Å². The Labute approximate surface area is 102 Å². The molecule has 0 bridgehead atoms. The van der Waals surface area contributed by atoms with Gasteiger partial charge in [0.1, 0.15) is 5.82 Å². The summed E-state index contributed by atoms with van der Waals surface area (Å²) < 4.78 is 0. The lowest BCUT2D eigenvalue weighted by Crippen LogP contribution is -2.61. The first-order chi connectivity index (χ1) is 7.91. The van der Waals surface area contributed by atoms with Gasteiger partial charge in [-0.1, -0.05) is 13.8 Å². The molecule has 1 saturated carbocycles. The standard InChI is InChI=1S/C12H21N5/c1-12(2)8(13)7-9(12)15-10-5-6-14-11(16-10)17(3)4/h5-6,8-9H,7,13H2,1-4H3,(H,14,15,16). The molecule has 1 heterocycles. The highest BCUT2D eigenvalue weighted by Gasteiger charge is 2.46. The van der Waals surface area contributed by atoms with Crippen molar-refractivity contribution in [3.05, 3.63) is 12.3 Å². The fourth-order valence-corrected chi connectivity index (χ4v) is 2.03. The van der Waals surface area contributed by atoms with Crippen LogP contribution in [-0.4, -0.2) is 36.1 Å². The van der Waals surface area contributed by atoms with E-state index in [0.717, 1.165) is 18.2 Å². The van der Waals surface area contributed by atoms with Crippen molar-refractivity contribution < 1.29 is 0 Å². The van der Waals surface area contributed by atoms with Crippen LogP contribution in [-0.2, 0) is 0 Å². The van der Waals surface area contributed by atoms with Crippen LogP contribution in [0.2, 0.25) is 0 Å². The molecule has 5 heteroatoms. The third-order valence-corrected chi connectivity index (χ3v) is 3.71. The van der Waals surface area contributed by atoms with Crippen LogP contribution < -0.4 is 16.0 Å². The number of anilines is 2. The van der Waals surface area contributed by atoms with Gasteiger partial charge in [0.05, 0.1) is 0 Å². The van der Waals surface area contributed by atoms with E-state index in [4.69, 9.17) is 5.73 Å². The first kappa shape index (κ1) is 12.1. The van der Waals surface area contributed by atoms with Gasteiger partial charge in [0.2, 0.25) is 5.95 Å². The van der Waals surface area contributed by atoms with Crippen LogP contribution in [0.25, 0.3) is 0 Å². The number of nitrogens with zero attached hydrogens (tertiary/aromatic N) is 3. The Morgan fingerprint density at radius 2 is 2.18 bits per heavy atom. The molecule has 94 valence electrons. The minimum atomic E-state index is 0.128. The summed E-state index contributed by atoms with van der Waals surface area (Å²) in [6.07, 6.45) is 2.77.